The molecule has 1 fully saturated rings. The van der Waals surface area contributed by atoms with Gasteiger partial charge in [-0.25, -0.2) is 4.99 Å². The van der Waals surface area contributed by atoms with Crippen LogP contribution in [0.1, 0.15) is 39.2 Å². The van der Waals surface area contributed by atoms with Crippen LogP contribution < -0.4 is 10.6 Å². The van der Waals surface area contributed by atoms with E-state index in [-0.39, 0.29) is 29.9 Å². The molecule has 0 spiro atoms. The molecule has 6 heteroatoms. The minimum atomic E-state index is -0.0544. The van der Waals surface area contributed by atoms with Crippen molar-refractivity contribution in [2.24, 2.45) is 10.9 Å². The first-order valence-corrected chi connectivity index (χ1v) is 8.48. The third-order valence-electron chi connectivity index (χ3n) is 3.95. The third-order valence-corrected chi connectivity index (χ3v) is 3.95. The number of guanidine groups is 1. The van der Waals surface area contributed by atoms with Crippen molar-refractivity contribution in [1.82, 2.24) is 10.2 Å². The lowest BCUT2D eigenvalue weighted by Crippen LogP contribution is -2.46. The lowest BCUT2D eigenvalue weighted by molar-refractivity contribution is -0.114. The Morgan fingerprint density at radius 3 is 2.88 bits per heavy atom. The summed E-state index contributed by atoms with van der Waals surface area (Å²) in [4.78, 5) is 18.3. The fraction of sp³-hybridized carbons (Fsp3) is 0.556. The second-order valence-corrected chi connectivity index (χ2v) is 6.25. The number of piperidine rings is 1. The summed E-state index contributed by atoms with van der Waals surface area (Å²) in [5.74, 6) is 1.65. The van der Waals surface area contributed by atoms with Crippen LogP contribution in [0.2, 0.25) is 0 Å². The van der Waals surface area contributed by atoms with E-state index in [1.165, 1.54) is 19.8 Å². The molecule has 0 aromatic heterocycles. The first-order chi connectivity index (χ1) is 11.1. The van der Waals surface area contributed by atoms with Crippen LogP contribution in [0, 0.1) is 5.92 Å². The van der Waals surface area contributed by atoms with E-state index in [4.69, 9.17) is 4.99 Å². The number of rotatable bonds is 4. The molecule has 1 aliphatic rings. The van der Waals surface area contributed by atoms with Gasteiger partial charge < -0.3 is 15.5 Å². The Bertz CT molecular complexity index is 562. The Hall–Kier alpha value is -1.31. The van der Waals surface area contributed by atoms with E-state index < -0.39 is 0 Å². The van der Waals surface area contributed by atoms with Gasteiger partial charge in [0.15, 0.2) is 5.96 Å². The highest BCUT2D eigenvalue weighted by atomic mass is 127. The first kappa shape index (κ1) is 20.7. The van der Waals surface area contributed by atoms with E-state index in [2.05, 4.69) is 29.4 Å². The quantitative estimate of drug-likeness (QED) is 0.425. The summed E-state index contributed by atoms with van der Waals surface area (Å²) in [6.45, 7) is 9.54. The molecule has 134 valence electrons. The maximum absolute atomic E-state index is 11.2. The van der Waals surface area contributed by atoms with Crippen molar-refractivity contribution in [3.8, 4) is 0 Å². The van der Waals surface area contributed by atoms with Gasteiger partial charge in [0, 0.05) is 32.2 Å². The molecule has 1 unspecified atom stereocenters. The Kier molecular flexibility index (Phi) is 9.10. The molecule has 1 heterocycles. The Morgan fingerprint density at radius 1 is 1.42 bits per heavy atom. The smallest absolute Gasteiger partial charge is 0.221 e. The molecule has 0 radical (unpaired) electrons. The molecule has 1 saturated heterocycles. The molecule has 24 heavy (non-hydrogen) atoms. The number of likely N-dealkylation sites (tertiary alicyclic amines) is 1. The number of nitrogens with one attached hydrogen (secondary N) is 2. The molecule has 5 nitrogen and oxygen atoms in total. The van der Waals surface area contributed by atoms with Crippen molar-refractivity contribution in [3.05, 3.63) is 29.8 Å². The van der Waals surface area contributed by atoms with Crippen molar-refractivity contribution in [1.29, 1.82) is 0 Å². The van der Waals surface area contributed by atoms with Gasteiger partial charge in [0.1, 0.15) is 0 Å². The maximum atomic E-state index is 11.2. The monoisotopic (exact) mass is 444 g/mol. The first-order valence-electron chi connectivity index (χ1n) is 8.48. The standard InChI is InChI=1S/C18H28N4O.HI/c1-4-19-18(22-10-6-7-14(2)13-22)20-12-16-8-5-9-17(11-16)21-15(3)23;/h5,8-9,11,14H,4,6-7,10,12-13H2,1-3H3,(H,19,20)(H,21,23);1H. The number of aliphatic imine (C=N–C) groups is 1. The van der Waals surface area contributed by atoms with Crippen LogP contribution >= 0.6 is 24.0 Å². The highest BCUT2D eigenvalue weighted by molar-refractivity contribution is 14.0. The van der Waals surface area contributed by atoms with Gasteiger partial charge in [0.25, 0.3) is 0 Å². The number of amides is 1. The van der Waals surface area contributed by atoms with Crippen LogP contribution in [0.5, 0.6) is 0 Å². The number of anilines is 1. The highest BCUT2D eigenvalue weighted by Gasteiger charge is 2.18. The lowest BCUT2D eigenvalue weighted by atomic mass is 10.0. The zero-order chi connectivity index (χ0) is 16.7. The molecule has 1 amide bonds. The fourth-order valence-electron chi connectivity index (χ4n) is 2.92. The van der Waals surface area contributed by atoms with Crippen LogP contribution in [0.25, 0.3) is 0 Å². The Balaban J connectivity index is 0.00000288. The van der Waals surface area contributed by atoms with Gasteiger partial charge >= 0.3 is 0 Å². The number of carbonyl (C=O) groups is 1. The van der Waals surface area contributed by atoms with Crippen molar-refractivity contribution in [2.75, 3.05) is 25.0 Å². The lowest BCUT2D eigenvalue weighted by Gasteiger charge is -2.33. The predicted molar refractivity (Wildman–Crippen MR) is 111 cm³/mol. The van der Waals surface area contributed by atoms with E-state index in [0.717, 1.165) is 42.8 Å². The van der Waals surface area contributed by atoms with Crippen LogP contribution in [-0.4, -0.2) is 36.4 Å². The summed E-state index contributed by atoms with van der Waals surface area (Å²) in [5, 5.41) is 6.21. The molecular formula is C18H29IN4O. The van der Waals surface area contributed by atoms with Crippen LogP contribution in [-0.2, 0) is 11.3 Å². The minimum Gasteiger partial charge on any atom is -0.357 e. The number of hydrogen-bond donors (Lipinski definition) is 2. The van der Waals surface area contributed by atoms with Crippen molar-refractivity contribution in [3.63, 3.8) is 0 Å². The Labute approximate surface area is 162 Å². The van der Waals surface area contributed by atoms with Crippen LogP contribution in [0.4, 0.5) is 5.69 Å². The van der Waals surface area contributed by atoms with Gasteiger partial charge in [0.2, 0.25) is 5.91 Å². The van der Waals surface area contributed by atoms with Crippen molar-refractivity contribution in [2.45, 2.75) is 40.2 Å². The van der Waals surface area contributed by atoms with Crippen molar-refractivity contribution < 1.29 is 4.79 Å². The van der Waals surface area contributed by atoms with Gasteiger partial charge in [-0.1, -0.05) is 19.1 Å². The predicted octanol–water partition coefficient (Wildman–Crippen LogP) is 3.46. The average Bonchev–Trinajstić information content (AvgIpc) is 2.51. The average molecular weight is 444 g/mol. The maximum Gasteiger partial charge on any atom is 0.221 e. The highest BCUT2D eigenvalue weighted by Crippen LogP contribution is 2.16. The number of hydrogen-bond acceptors (Lipinski definition) is 2. The summed E-state index contributed by atoms with van der Waals surface area (Å²) >= 11 is 0. The number of benzene rings is 1. The molecule has 1 aromatic rings. The van der Waals surface area contributed by atoms with E-state index in [0.29, 0.717) is 6.54 Å². The second kappa shape index (κ2) is 10.5. The Morgan fingerprint density at radius 2 is 2.21 bits per heavy atom. The van der Waals surface area contributed by atoms with E-state index >= 15 is 0 Å². The van der Waals surface area contributed by atoms with Crippen LogP contribution in [0.15, 0.2) is 29.3 Å². The minimum absolute atomic E-state index is 0. The second-order valence-electron chi connectivity index (χ2n) is 6.25. The molecule has 2 N–H and O–H groups in total. The number of nitrogens with zero attached hydrogens (tertiary/aromatic N) is 2. The van der Waals surface area contributed by atoms with Gasteiger partial charge in [-0.3, -0.25) is 4.79 Å². The normalized spacial score (nSPS) is 17.9. The number of halogens is 1. The molecule has 1 atom stereocenters. The number of carbonyl (C=O) groups excluding carboxylic acids is 1. The molecule has 2 rings (SSSR count). The zero-order valence-electron chi connectivity index (χ0n) is 14.8. The van der Waals surface area contributed by atoms with Gasteiger partial charge in [0.05, 0.1) is 6.54 Å². The van der Waals surface area contributed by atoms with Crippen LogP contribution in [0.3, 0.4) is 0 Å². The summed E-state index contributed by atoms with van der Waals surface area (Å²) in [5.41, 5.74) is 1.92. The summed E-state index contributed by atoms with van der Waals surface area (Å²) < 4.78 is 0. The van der Waals surface area contributed by atoms with E-state index in [1.807, 2.05) is 24.3 Å². The third kappa shape index (κ3) is 6.67. The van der Waals surface area contributed by atoms with Crippen molar-refractivity contribution >= 4 is 41.5 Å². The molecule has 0 saturated carbocycles. The largest absolute Gasteiger partial charge is 0.357 e. The molecule has 1 aliphatic heterocycles. The summed E-state index contributed by atoms with van der Waals surface area (Å²) in [6, 6.07) is 7.86. The molecule has 0 aliphatic carbocycles. The SMILES string of the molecule is CCNC(=NCc1cccc(NC(C)=O)c1)N1CCCC(C)C1.I. The topological polar surface area (TPSA) is 56.7 Å². The van der Waals surface area contributed by atoms with E-state index in [9.17, 15) is 4.79 Å². The molecule has 1 aromatic carbocycles. The zero-order valence-corrected chi connectivity index (χ0v) is 17.2. The van der Waals surface area contributed by atoms with Gasteiger partial charge in [-0.05, 0) is 43.4 Å². The van der Waals surface area contributed by atoms with Gasteiger partial charge in [-0.15, -0.1) is 24.0 Å². The molecular weight excluding hydrogens is 415 g/mol. The van der Waals surface area contributed by atoms with Gasteiger partial charge in [-0.2, -0.15) is 0 Å². The fourth-order valence-corrected chi connectivity index (χ4v) is 2.92. The van der Waals surface area contributed by atoms with E-state index in [1.54, 1.807) is 0 Å². The summed E-state index contributed by atoms with van der Waals surface area (Å²) in [7, 11) is 0. The molecule has 0 bridgehead atoms. The summed E-state index contributed by atoms with van der Waals surface area (Å²) in [6.07, 6.45) is 2.53.